The standard InChI is InChI=1S/C13H18ClFN2O2/c1-19-12-7-9(6-10(14)13(12)18)11(8-15)17-4-2-16-3-5-17/h6-7,11,16,18H,2-5,8H2,1H3/t11-/m0/s1. The molecule has 4 nitrogen and oxygen atoms in total. The topological polar surface area (TPSA) is 44.7 Å². The molecule has 0 aromatic heterocycles. The summed E-state index contributed by atoms with van der Waals surface area (Å²) in [5.74, 6) is 0.168. The lowest BCUT2D eigenvalue weighted by atomic mass is 10.0. The van der Waals surface area contributed by atoms with Gasteiger partial charge in [0.25, 0.3) is 0 Å². The number of hydrogen-bond donors (Lipinski definition) is 2. The number of aromatic hydroxyl groups is 1. The first-order chi connectivity index (χ1) is 9.17. The van der Waals surface area contributed by atoms with E-state index in [0.717, 1.165) is 31.7 Å². The summed E-state index contributed by atoms with van der Waals surface area (Å²) in [5.41, 5.74) is 0.726. The number of phenolic OH excluding ortho intramolecular Hbond substituents is 1. The number of nitrogens with one attached hydrogen (secondary N) is 1. The van der Waals surface area contributed by atoms with Crippen molar-refractivity contribution in [2.24, 2.45) is 0 Å². The van der Waals surface area contributed by atoms with Crippen LogP contribution in [-0.4, -0.2) is 50.0 Å². The SMILES string of the molecule is COc1cc([C@H](CF)N2CCNCC2)cc(Cl)c1O. The van der Waals surface area contributed by atoms with E-state index in [2.05, 4.69) is 10.2 Å². The number of nitrogens with zero attached hydrogens (tertiary/aromatic N) is 1. The molecule has 1 aliphatic heterocycles. The average Bonchev–Trinajstić information content (AvgIpc) is 2.44. The number of rotatable bonds is 4. The minimum Gasteiger partial charge on any atom is -0.503 e. The van der Waals surface area contributed by atoms with Gasteiger partial charge in [-0.2, -0.15) is 0 Å². The lowest BCUT2D eigenvalue weighted by molar-refractivity contribution is 0.147. The maximum atomic E-state index is 13.4. The van der Waals surface area contributed by atoms with E-state index in [9.17, 15) is 9.50 Å². The number of hydrogen-bond acceptors (Lipinski definition) is 4. The molecule has 0 saturated carbocycles. The summed E-state index contributed by atoms with van der Waals surface area (Å²) in [7, 11) is 1.45. The van der Waals surface area contributed by atoms with Crippen LogP contribution in [0.1, 0.15) is 11.6 Å². The van der Waals surface area contributed by atoms with Crippen molar-refractivity contribution in [2.45, 2.75) is 6.04 Å². The molecule has 1 heterocycles. The van der Waals surface area contributed by atoms with Crippen molar-refractivity contribution in [2.75, 3.05) is 40.0 Å². The monoisotopic (exact) mass is 288 g/mol. The van der Waals surface area contributed by atoms with Crippen molar-refractivity contribution in [3.63, 3.8) is 0 Å². The highest BCUT2D eigenvalue weighted by Gasteiger charge is 2.24. The summed E-state index contributed by atoms with van der Waals surface area (Å²) in [6, 6.07) is 2.90. The Morgan fingerprint density at radius 1 is 1.47 bits per heavy atom. The maximum absolute atomic E-state index is 13.4. The van der Waals surface area contributed by atoms with Crippen molar-refractivity contribution in [1.82, 2.24) is 10.2 Å². The van der Waals surface area contributed by atoms with Crippen molar-refractivity contribution in [1.29, 1.82) is 0 Å². The van der Waals surface area contributed by atoms with Crippen LogP contribution in [0.2, 0.25) is 5.02 Å². The van der Waals surface area contributed by atoms with Gasteiger partial charge in [-0.05, 0) is 17.7 Å². The van der Waals surface area contributed by atoms with Gasteiger partial charge in [-0.1, -0.05) is 11.6 Å². The van der Waals surface area contributed by atoms with Crippen LogP contribution in [0.3, 0.4) is 0 Å². The summed E-state index contributed by atoms with van der Waals surface area (Å²) < 4.78 is 18.4. The molecule has 1 aromatic carbocycles. The third kappa shape index (κ3) is 3.11. The Hall–Kier alpha value is -1.04. The smallest absolute Gasteiger partial charge is 0.176 e. The molecular weight excluding hydrogens is 271 g/mol. The van der Waals surface area contributed by atoms with E-state index >= 15 is 0 Å². The molecule has 106 valence electrons. The number of phenols is 1. The van der Waals surface area contributed by atoms with Gasteiger partial charge >= 0.3 is 0 Å². The third-order valence-corrected chi connectivity index (χ3v) is 3.68. The highest BCUT2D eigenvalue weighted by Crippen LogP contribution is 2.37. The van der Waals surface area contributed by atoms with Crippen LogP contribution in [0, 0.1) is 0 Å². The molecule has 0 spiro atoms. The molecule has 0 radical (unpaired) electrons. The first-order valence-corrected chi connectivity index (χ1v) is 6.62. The van der Waals surface area contributed by atoms with Gasteiger partial charge < -0.3 is 15.2 Å². The maximum Gasteiger partial charge on any atom is 0.176 e. The second kappa shape index (κ2) is 6.41. The molecule has 1 fully saturated rings. The van der Waals surface area contributed by atoms with Gasteiger partial charge in [0.1, 0.15) is 6.67 Å². The van der Waals surface area contributed by atoms with Gasteiger partial charge in [-0.15, -0.1) is 0 Å². The number of benzene rings is 1. The summed E-state index contributed by atoms with van der Waals surface area (Å²) >= 11 is 5.95. The van der Waals surface area contributed by atoms with E-state index in [1.54, 1.807) is 12.1 Å². The molecule has 0 unspecified atom stereocenters. The van der Waals surface area contributed by atoms with Crippen LogP contribution in [0.5, 0.6) is 11.5 Å². The molecule has 1 saturated heterocycles. The number of alkyl halides is 1. The molecule has 0 bridgehead atoms. The number of halogens is 2. The van der Waals surface area contributed by atoms with Crippen LogP contribution in [0.15, 0.2) is 12.1 Å². The van der Waals surface area contributed by atoms with E-state index in [1.807, 2.05) is 0 Å². The number of ether oxygens (including phenoxy) is 1. The summed E-state index contributed by atoms with van der Waals surface area (Å²) in [6.45, 7) is 2.77. The van der Waals surface area contributed by atoms with Gasteiger partial charge in [0.05, 0.1) is 18.2 Å². The molecule has 2 rings (SSSR count). The minimum absolute atomic E-state index is 0.106. The van der Waals surface area contributed by atoms with E-state index < -0.39 is 6.67 Å². The molecule has 19 heavy (non-hydrogen) atoms. The molecule has 1 atom stereocenters. The quantitative estimate of drug-likeness (QED) is 0.889. The van der Waals surface area contributed by atoms with Crippen LogP contribution < -0.4 is 10.1 Å². The van der Waals surface area contributed by atoms with Crippen molar-refractivity contribution in [3.05, 3.63) is 22.7 Å². The van der Waals surface area contributed by atoms with Crippen LogP contribution in [0.25, 0.3) is 0 Å². The molecule has 6 heteroatoms. The van der Waals surface area contributed by atoms with Gasteiger partial charge in [-0.3, -0.25) is 4.90 Å². The van der Waals surface area contributed by atoms with E-state index in [4.69, 9.17) is 16.3 Å². The first-order valence-electron chi connectivity index (χ1n) is 6.24. The largest absolute Gasteiger partial charge is 0.503 e. The second-order valence-corrected chi connectivity index (χ2v) is 4.92. The number of piperazine rings is 1. The summed E-state index contributed by atoms with van der Waals surface area (Å²) in [4.78, 5) is 2.07. The van der Waals surface area contributed by atoms with Gasteiger partial charge in [-0.25, -0.2) is 4.39 Å². The molecule has 1 aliphatic rings. The van der Waals surface area contributed by atoms with Crippen LogP contribution in [0.4, 0.5) is 4.39 Å². The minimum atomic E-state index is -0.496. The Morgan fingerprint density at radius 2 is 2.16 bits per heavy atom. The number of methoxy groups -OCH3 is 1. The normalized spacial score (nSPS) is 18.3. The van der Waals surface area contributed by atoms with E-state index in [1.165, 1.54) is 7.11 Å². The van der Waals surface area contributed by atoms with E-state index in [-0.39, 0.29) is 22.6 Å². The fourth-order valence-electron chi connectivity index (χ4n) is 2.33. The Kier molecular flexibility index (Phi) is 4.85. The van der Waals surface area contributed by atoms with Gasteiger partial charge in [0, 0.05) is 26.2 Å². The average molecular weight is 289 g/mol. The molecule has 2 N–H and O–H groups in total. The van der Waals surface area contributed by atoms with Crippen molar-refractivity contribution >= 4 is 11.6 Å². The Labute approximate surface area is 117 Å². The summed E-state index contributed by atoms with van der Waals surface area (Å²) in [5, 5.41) is 13.1. The zero-order chi connectivity index (χ0) is 13.8. The molecule has 1 aromatic rings. The zero-order valence-electron chi connectivity index (χ0n) is 10.8. The highest BCUT2D eigenvalue weighted by molar-refractivity contribution is 6.32. The van der Waals surface area contributed by atoms with Crippen LogP contribution in [-0.2, 0) is 0 Å². The van der Waals surface area contributed by atoms with Crippen molar-refractivity contribution < 1.29 is 14.2 Å². The molecule has 0 aliphatic carbocycles. The third-order valence-electron chi connectivity index (χ3n) is 3.39. The van der Waals surface area contributed by atoms with E-state index in [0.29, 0.717) is 0 Å². The first kappa shape index (κ1) is 14.4. The van der Waals surface area contributed by atoms with Crippen LogP contribution >= 0.6 is 11.6 Å². The lowest BCUT2D eigenvalue weighted by Gasteiger charge is -2.33. The Morgan fingerprint density at radius 3 is 2.74 bits per heavy atom. The summed E-state index contributed by atoms with van der Waals surface area (Å²) in [6.07, 6.45) is 0. The Balaban J connectivity index is 2.29. The lowest BCUT2D eigenvalue weighted by Crippen LogP contribution is -2.45. The Bertz CT molecular complexity index is 439. The zero-order valence-corrected chi connectivity index (χ0v) is 11.6. The fraction of sp³-hybridized carbons (Fsp3) is 0.538. The second-order valence-electron chi connectivity index (χ2n) is 4.51. The fourth-order valence-corrected chi connectivity index (χ4v) is 2.55. The predicted molar refractivity (Wildman–Crippen MR) is 72.8 cm³/mol. The highest BCUT2D eigenvalue weighted by atomic mass is 35.5. The van der Waals surface area contributed by atoms with Gasteiger partial charge in [0.2, 0.25) is 0 Å². The van der Waals surface area contributed by atoms with Gasteiger partial charge in [0.15, 0.2) is 11.5 Å². The van der Waals surface area contributed by atoms with Crippen molar-refractivity contribution in [3.8, 4) is 11.5 Å². The molecular formula is C13H18ClFN2O2. The predicted octanol–water partition coefficient (Wildman–Crippen LogP) is 1.97. The molecule has 0 amide bonds.